The summed E-state index contributed by atoms with van der Waals surface area (Å²) in [6, 6.07) is 66.4. The lowest BCUT2D eigenvalue weighted by Crippen LogP contribution is -2.22. The number of rotatable bonds is 5. The van der Waals surface area contributed by atoms with E-state index in [4.69, 9.17) is 15.0 Å². The summed E-state index contributed by atoms with van der Waals surface area (Å²) in [7, 11) is 0. The quantitative estimate of drug-likeness (QED) is 0.183. The molecule has 10 rings (SSSR count). The van der Waals surface area contributed by atoms with Gasteiger partial charge >= 0.3 is 0 Å². The topological polar surface area (TPSA) is 45.2 Å². The first-order valence-electron chi connectivity index (χ1n) is 17.7. The molecule has 0 radical (unpaired) electrons. The fourth-order valence-electron chi connectivity index (χ4n) is 8.01. The van der Waals surface area contributed by atoms with E-state index in [9.17, 15) is 0 Å². The minimum Gasteiger partial charge on any atom is -0.333 e. The molecule has 0 aliphatic carbocycles. The van der Waals surface area contributed by atoms with Crippen LogP contribution in [0.5, 0.6) is 0 Å². The second-order valence-electron chi connectivity index (χ2n) is 13.2. The molecule has 246 valence electrons. The molecule has 2 aliphatic rings. The zero-order chi connectivity index (χ0) is 34.4. The molecule has 2 aliphatic heterocycles. The van der Waals surface area contributed by atoms with Crippen LogP contribution in [0, 0.1) is 0 Å². The summed E-state index contributed by atoms with van der Waals surface area (Å²) in [6.07, 6.45) is 0. The summed E-state index contributed by atoms with van der Waals surface area (Å²) in [5, 5.41) is 0. The summed E-state index contributed by atoms with van der Waals surface area (Å²) in [6.45, 7) is 0. The van der Waals surface area contributed by atoms with Crippen molar-refractivity contribution in [2.75, 3.05) is 9.80 Å². The Morgan fingerprint density at radius 2 is 0.769 bits per heavy atom. The first-order valence-corrected chi connectivity index (χ1v) is 17.7. The van der Waals surface area contributed by atoms with E-state index in [1.165, 1.54) is 28.1 Å². The second-order valence-corrected chi connectivity index (χ2v) is 13.2. The Bertz CT molecular complexity index is 2490. The van der Waals surface area contributed by atoms with Crippen LogP contribution in [0.3, 0.4) is 0 Å². The Kier molecular flexibility index (Phi) is 7.21. The number of aromatic nitrogens is 3. The van der Waals surface area contributed by atoms with Gasteiger partial charge in [0, 0.05) is 39.7 Å². The zero-order valence-corrected chi connectivity index (χ0v) is 28.3. The first kappa shape index (κ1) is 30.0. The molecule has 0 amide bonds. The van der Waals surface area contributed by atoms with Crippen LogP contribution in [0.15, 0.2) is 188 Å². The Morgan fingerprint density at radius 3 is 1.38 bits per heavy atom. The van der Waals surface area contributed by atoms with E-state index in [0.717, 1.165) is 33.8 Å². The van der Waals surface area contributed by atoms with Crippen LogP contribution in [0.4, 0.5) is 28.4 Å². The van der Waals surface area contributed by atoms with Gasteiger partial charge in [-0.05, 0) is 59.2 Å². The normalized spacial score (nSPS) is 15.6. The van der Waals surface area contributed by atoms with Gasteiger partial charge in [-0.25, -0.2) is 15.0 Å². The molecule has 0 saturated carbocycles. The molecule has 0 fully saturated rings. The summed E-state index contributed by atoms with van der Waals surface area (Å²) >= 11 is 0. The molecule has 1 aromatic heterocycles. The van der Waals surface area contributed by atoms with E-state index in [1.807, 2.05) is 60.7 Å². The van der Waals surface area contributed by atoms with Crippen LogP contribution in [0.2, 0.25) is 0 Å². The van der Waals surface area contributed by atoms with Crippen LogP contribution < -0.4 is 9.80 Å². The monoisotopic (exact) mass is 667 g/mol. The molecule has 7 aromatic carbocycles. The number of benzene rings is 7. The molecular weight excluding hydrogens is 635 g/mol. The van der Waals surface area contributed by atoms with E-state index < -0.39 is 0 Å². The molecule has 52 heavy (non-hydrogen) atoms. The van der Waals surface area contributed by atoms with Crippen molar-refractivity contribution in [3.05, 3.63) is 205 Å². The van der Waals surface area contributed by atoms with Crippen molar-refractivity contribution in [3.8, 4) is 34.2 Å². The molecule has 2 unspecified atom stereocenters. The zero-order valence-electron chi connectivity index (χ0n) is 28.3. The standard InChI is InChI=1S/C47H33N5/c1-4-17-32(18-5-1)45-48-46(33-19-6-2-7-20-33)50-47(49-45)34-21-16-24-36(31-34)51-40-28-13-10-25-37(40)43-38-26-11-14-29-41(38)52(35-22-8-3-9-23-35)44(43)39-27-12-15-30-42(39)51/h1-31,43-44H. The lowest BCUT2D eigenvalue weighted by Gasteiger charge is -2.32. The third-order valence-electron chi connectivity index (χ3n) is 10.2. The Morgan fingerprint density at radius 1 is 0.346 bits per heavy atom. The van der Waals surface area contributed by atoms with E-state index in [0.29, 0.717) is 17.5 Å². The van der Waals surface area contributed by atoms with Gasteiger partial charge in [0.25, 0.3) is 0 Å². The average Bonchev–Trinajstić information content (AvgIpc) is 3.51. The van der Waals surface area contributed by atoms with Crippen molar-refractivity contribution in [3.63, 3.8) is 0 Å². The van der Waals surface area contributed by atoms with Gasteiger partial charge in [-0.2, -0.15) is 0 Å². The minimum absolute atomic E-state index is 0.0516. The van der Waals surface area contributed by atoms with E-state index in [2.05, 4.69) is 137 Å². The molecule has 0 bridgehead atoms. The lowest BCUT2D eigenvalue weighted by atomic mass is 9.84. The molecule has 2 atom stereocenters. The average molecular weight is 668 g/mol. The number of fused-ring (bicyclic) bond motifs is 7. The van der Waals surface area contributed by atoms with Gasteiger partial charge < -0.3 is 9.80 Å². The predicted molar refractivity (Wildman–Crippen MR) is 210 cm³/mol. The maximum absolute atomic E-state index is 5.06. The minimum atomic E-state index is 0.0516. The van der Waals surface area contributed by atoms with Gasteiger partial charge in [0.1, 0.15) is 0 Å². The van der Waals surface area contributed by atoms with E-state index in [-0.39, 0.29) is 12.0 Å². The summed E-state index contributed by atoms with van der Waals surface area (Å²) < 4.78 is 0. The SMILES string of the molecule is c1ccc(-c2nc(-c3ccccc3)nc(-c3cccc(N4c5ccccc5C5c6ccccc6N(c6ccccc6)C5c5ccccc54)c3)n2)cc1. The number of hydrogen-bond acceptors (Lipinski definition) is 5. The Labute approximate surface area is 303 Å². The van der Waals surface area contributed by atoms with Gasteiger partial charge in [-0.1, -0.05) is 146 Å². The highest BCUT2D eigenvalue weighted by atomic mass is 15.2. The van der Waals surface area contributed by atoms with Gasteiger partial charge in [-0.3, -0.25) is 0 Å². The van der Waals surface area contributed by atoms with Gasteiger partial charge in [0.15, 0.2) is 17.5 Å². The van der Waals surface area contributed by atoms with Crippen molar-refractivity contribution in [1.29, 1.82) is 0 Å². The summed E-state index contributed by atoms with van der Waals surface area (Å²) in [4.78, 5) is 20.0. The summed E-state index contributed by atoms with van der Waals surface area (Å²) in [5.41, 5.74) is 12.5. The highest BCUT2D eigenvalue weighted by Gasteiger charge is 2.45. The highest BCUT2D eigenvalue weighted by molar-refractivity contribution is 5.88. The molecule has 0 N–H and O–H groups in total. The van der Waals surface area contributed by atoms with Crippen molar-refractivity contribution < 1.29 is 0 Å². The highest BCUT2D eigenvalue weighted by Crippen LogP contribution is 2.61. The summed E-state index contributed by atoms with van der Waals surface area (Å²) in [5.74, 6) is 2.04. The number of hydrogen-bond donors (Lipinski definition) is 0. The molecule has 0 saturated heterocycles. The number of para-hydroxylation sites is 4. The number of anilines is 5. The third-order valence-corrected chi connectivity index (χ3v) is 10.2. The van der Waals surface area contributed by atoms with Crippen LogP contribution in [0.1, 0.15) is 28.7 Å². The second kappa shape index (κ2) is 12.5. The number of nitrogens with zero attached hydrogens (tertiary/aromatic N) is 5. The maximum atomic E-state index is 5.06. The lowest BCUT2D eigenvalue weighted by molar-refractivity contribution is 0.665. The molecule has 8 aromatic rings. The largest absolute Gasteiger partial charge is 0.333 e. The van der Waals surface area contributed by atoms with Gasteiger partial charge in [0.2, 0.25) is 0 Å². The van der Waals surface area contributed by atoms with Crippen LogP contribution >= 0.6 is 0 Å². The van der Waals surface area contributed by atoms with Gasteiger partial charge in [0.05, 0.1) is 17.4 Å². The Hall–Kier alpha value is -6.85. The first-order chi connectivity index (χ1) is 25.8. The van der Waals surface area contributed by atoms with E-state index >= 15 is 0 Å². The van der Waals surface area contributed by atoms with Crippen LogP contribution in [-0.4, -0.2) is 15.0 Å². The van der Waals surface area contributed by atoms with E-state index in [1.54, 1.807) is 0 Å². The maximum Gasteiger partial charge on any atom is 0.164 e. The van der Waals surface area contributed by atoms with Crippen molar-refractivity contribution in [2.45, 2.75) is 12.0 Å². The fraction of sp³-hybridized carbons (Fsp3) is 0.0426. The van der Waals surface area contributed by atoms with Crippen LogP contribution in [-0.2, 0) is 0 Å². The molecule has 5 nitrogen and oxygen atoms in total. The predicted octanol–water partition coefficient (Wildman–Crippen LogP) is 11.7. The molecule has 3 heterocycles. The van der Waals surface area contributed by atoms with Crippen molar-refractivity contribution in [2.24, 2.45) is 0 Å². The van der Waals surface area contributed by atoms with Gasteiger partial charge in [-0.15, -0.1) is 0 Å². The fourth-order valence-corrected chi connectivity index (χ4v) is 8.01. The molecular formula is C47H33N5. The third kappa shape index (κ3) is 4.97. The smallest absolute Gasteiger partial charge is 0.164 e. The molecule has 5 heteroatoms. The molecule has 0 spiro atoms. The van der Waals surface area contributed by atoms with Crippen molar-refractivity contribution >= 4 is 28.4 Å². The van der Waals surface area contributed by atoms with Crippen molar-refractivity contribution in [1.82, 2.24) is 15.0 Å². The Balaban J connectivity index is 1.17. The van der Waals surface area contributed by atoms with Crippen LogP contribution in [0.25, 0.3) is 34.2 Å².